The molecule has 4 rings (SSSR count). The number of hydrogen-bond acceptors (Lipinski definition) is 6. The molecule has 3 aromatic rings. The third-order valence-corrected chi connectivity index (χ3v) is 7.95. The molecule has 0 aliphatic carbocycles. The lowest BCUT2D eigenvalue weighted by molar-refractivity contribution is 0.320. The van der Waals surface area contributed by atoms with Crippen LogP contribution in [0.4, 0.5) is 15.9 Å². The number of halogens is 3. The van der Waals surface area contributed by atoms with Crippen LogP contribution in [0.3, 0.4) is 0 Å². The fourth-order valence-corrected chi connectivity index (χ4v) is 5.93. The number of likely N-dealkylation sites (N-methyl/N-ethyl adjacent to an activating group) is 1. The maximum atomic E-state index is 14.1. The van der Waals surface area contributed by atoms with E-state index in [0.29, 0.717) is 22.2 Å². The number of hydrogen-bond donors (Lipinski definition) is 1. The Morgan fingerprint density at radius 2 is 2.09 bits per heavy atom. The van der Waals surface area contributed by atoms with Crippen LogP contribution in [0.25, 0.3) is 0 Å². The monoisotopic (exact) mass is 514 g/mol. The molecule has 0 radical (unpaired) electrons. The first kappa shape index (κ1) is 23.3. The molecule has 0 saturated carbocycles. The number of nitrogens with zero attached hydrogens (tertiary/aromatic N) is 3. The molecule has 0 amide bonds. The van der Waals surface area contributed by atoms with Crippen LogP contribution < -0.4 is 9.62 Å². The number of benzene rings is 2. The fraction of sp³-hybridized carbons (Fsp3) is 0.286. The van der Waals surface area contributed by atoms with Crippen LogP contribution in [-0.2, 0) is 16.6 Å². The molecule has 170 valence electrons. The molecule has 11 heteroatoms. The van der Waals surface area contributed by atoms with Crippen LogP contribution in [0.5, 0.6) is 0 Å². The molecule has 1 N–H and O–H groups in total. The molecule has 1 fully saturated rings. The van der Waals surface area contributed by atoms with E-state index in [1.807, 2.05) is 11.9 Å². The minimum Gasteiger partial charge on any atom is -0.369 e. The van der Waals surface area contributed by atoms with Crippen molar-refractivity contribution in [2.24, 2.45) is 0 Å². The van der Waals surface area contributed by atoms with E-state index in [4.69, 9.17) is 23.2 Å². The molecule has 1 aliphatic rings. The molecule has 0 spiro atoms. The van der Waals surface area contributed by atoms with Crippen molar-refractivity contribution in [3.63, 3.8) is 0 Å². The van der Waals surface area contributed by atoms with Gasteiger partial charge >= 0.3 is 0 Å². The zero-order valence-electron chi connectivity index (χ0n) is 17.1. The lowest BCUT2D eigenvalue weighted by Gasteiger charge is -2.28. The maximum Gasteiger partial charge on any atom is 0.263 e. The van der Waals surface area contributed by atoms with Gasteiger partial charge < -0.3 is 4.90 Å². The summed E-state index contributed by atoms with van der Waals surface area (Å²) in [6.45, 7) is 2.01. The number of nitrogens with one attached hydrogen (secondary N) is 1. The molecule has 1 saturated heterocycles. The number of sulfonamides is 1. The second-order valence-electron chi connectivity index (χ2n) is 7.62. The Labute approximate surface area is 200 Å². The Kier molecular flexibility index (Phi) is 6.92. The predicted molar refractivity (Wildman–Crippen MR) is 128 cm³/mol. The maximum absolute atomic E-state index is 14.1. The molecule has 1 aliphatic heterocycles. The summed E-state index contributed by atoms with van der Waals surface area (Å²) in [6.07, 6.45) is 0.875. The summed E-state index contributed by atoms with van der Waals surface area (Å²) in [5, 5.41) is 2.47. The van der Waals surface area contributed by atoms with Gasteiger partial charge in [0, 0.05) is 48.7 Å². The average molecular weight is 515 g/mol. The van der Waals surface area contributed by atoms with Crippen LogP contribution in [0.2, 0.25) is 10.0 Å². The van der Waals surface area contributed by atoms with Gasteiger partial charge in [-0.3, -0.25) is 9.62 Å². The number of aromatic nitrogens is 1. The molecule has 2 heterocycles. The molecule has 32 heavy (non-hydrogen) atoms. The standard InChI is InChI=1S/C21H21Cl2FN4O2S2/c1-27(16-6-7-28(11-16)10-14-8-15(22)2-4-19(14)24)20-5-3-17(9-18(20)23)32(29,30)26-21-12-31-13-25-21/h2-5,8-9,12-13,16,26H,6-7,10-11H2,1H3/t16-/m0/s1. The molecular formula is C21H21Cl2FN4O2S2. The van der Waals surface area contributed by atoms with Gasteiger partial charge in [0.2, 0.25) is 0 Å². The van der Waals surface area contributed by atoms with E-state index in [1.165, 1.54) is 29.5 Å². The van der Waals surface area contributed by atoms with Crippen LogP contribution in [-0.4, -0.2) is 44.5 Å². The van der Waals surface area contributed by atoms with Crippen molar-refractivity contribution in [1.29, 1.82) is 0 Å². The minimum atomic E-state index is -3.78. The van der Waals surface area contributed by atoms with Gasteiger partial charge in [-0.05, 0) is 42.8 Å². The Hall–Kier alpha value is -1.91. The first-order valence-electron chi connectivity index (χ1n) is 9.82. The van der Waals surface area contributed by atoms with Crippen LogP contribution >= 0.6 is 34.5 Å². The molecule has 1 aromatic heterocycles. The van der Waals surface area contributed by atoms with E-state index in [2.05, 4.69) is 14.6 Å². The third kappa shape index (κ3) is 5.18. The van der Waals surface area contributed by atoms with Gasteiger partial charge in [0.05, 0.1) is 21.1 Å². The first-order valence-corrected chi connectivity index (χ1v) is 13.0. The van der Waals surface area contributed by atoms with Crippen LogP contribution in [0.15, 0.2) is 52.2 Å². The summed E-state index contributed by atoms with van der Waals surface area (Å²) >= 11 is 13.8. The van der Waals surface area contributed by atoms with Crippen molar-refractivity contribution < 1.29 is 12.8 Å². The minimum absolute atomic E-state index is 0.0668. The average Bonchev–Trinajstić information content (AvgIpc) is 3.42. The summed E-state index contributed by atoms with van der Waals surface area (Å²) in [6, 6.07) is 9.41. The quantitative estimate of drug-likeness (QED) is 0.475. The third-order valence-electron chi connectivity index (χ3n) is 5.48. The van der Waals surface area contributed by atoms with Gasteiger partial charge in [-0.1, -0.05) is 23.2 Å². The normalized spacial score (nSPS) is 16.9. The van der Waals surface area contributed by atoms with Crippen molar-refractivity contribution in [3.8, 4) is 0 Å². The van der Waals surface area contributed by atoms with Crippen LogP contribution in [0.1, 0.15) is 12.0 Å². The zero-order valence-corrected chi connectivity index (χ0v) is 20.3. The van der Waals surface area contributed by atoms with Gasteiger partial charge in [-0.15, -0.1) is 11.3 Å². The topological polar surface area (TPSA) is 65.5 Å². The molecule has 6 nitrogen and oxygen atoms in total. The summed E-state index contributed by atoms with van der Waals surface area (Å²) in [5.74, 6) is 0.00631. The van der Waals surface area contributed by atoms with Crippen molar-refractivity contribution in [1.82, 2.24) is 9.88 Å². The molecular weight excluding hydrogens is 494 g/mol. The second kappa shape index (κ2) is 9.52. The van der Waals surface area contributed by atoms with E-state index in [9.17, 15) is 12.8 Å². The van der Waals surface area contributed by atoms with E-state index >= 15 is 0 Å². The fourth-order valence-electron chi connectivity index (χ4n) is 3.77. The van der Waals surface area contributed by atoms with Gasteiger partial charge in [0.25, 0.3) is 10.0 Å². The highest BCUT2D eigenvalue weighted by atomic mass is 35.5. The summed E-state index contributed by atoms with van der Waals surface area (Å²) < 4.78 is 41.7. The second-order valence-corrected chi connectivity index (χ2v) is 10.9. The molecule has 0 unspecified atom stereocenters. The number of thiazole rings is 1. The van der Waals surface area contributed by atoms with Crippen LogP contribution in [0, 0.1) is 5.82 Å². The Morgan fingerprint density at radius 1 is 1.28 bits per heavy atom. The lowest BCUT2D eigenvalue weighted by atomic mass is 10.2. The molecule has 0 bridgehead atoms. The highest BCUT2D eigenvalue weighted by Gasteiger charge is 2.28. The Bertz CT molecular complexity index is 1210. The predicted octanol–water partition coefficient (Wildman–Crippen LogP) is 5.10. The summed E-state index contributed by atoms with van der Waals surface area (Å²) in [5.41, 5.74) is 2.86. The van der Waals surface area contributed by atoms with Gasteiger partial charge in [0.15, 0.2) is 5.82 Å². The van der Waals surface area contributed by atoms with E-state index in [1.54, 1.807) is 29.1 Å². The van der Waals surface area contributed by atoms with Crippen molar-refractivity contribution in [2.45, 2.75) is 23.9 Å². The van der Waals surface area contributed by atoms with Crippen molar-refractivity contribution in [2.75, 3.05) is 29.8 Å². The van der Waals surface area contributed by atoms with E-state index in [-0.39, 0.29) is 22.6 Å². The van der Waals surface area contributed by atoms with Gasteiger partial charge in [-0.2, -0.15) is 0 Å². The summed E-state index contributed by atoms with van der Waals surface area (Å²) in [4.78, 5) is 8.22. The molecule has 1 atom stereocenters. The Morgan fingerprint density at radius 3 is 2.81 bits per heavy atom. The SMILES string of the molecule is CN(c1ccc(S(=O)(=O)Nc2cscn2)cc1Cl)[C@H]1CCN(Cc2cc(Cl)ccc2F)C1. The van der Waals surface area contributed by atoms with E-state index < -0.39 is 10.0 Å². The zero-order chi connectivity index (χ0) is 22.9. The number of rotatable bonds is 7. The Balaban J connectivity index is 1.44. The van der Waals surface area contributed by atoms with Crippen molar-refractivity contribution >= 4 is 56.1 Å². The van der Waals surface area contributed by atoms with Crippen molar-refractivity contribution in [3.05, 3.63) is 68.7 Å². The molecule has 2 aromatic carbocycles. The number of likely N-dealkylation sites (tertiary alicyclic amines) is 1. The summed E-state index contributed by atoms with van der Waals surface area (Å²) in [7, 11) is -1.85. The number of anilines is 2. The highest BCUT2D eigenvalue weighted by Crippen LogP contribution is 2.32. The van der Waals surface area contributed by atoms with Gasteiger partial charge in [0.1, 0.15) is 5.82 Å². The van der Waals surface area contributed by atoms with E-state index in [0.717, 1.165) is 25.2 Å². The van der Waals surface area contributed by atoms with Gasteiger partial charge in [-0.25, -0.2) is 17.8 Å². The largest absolute Gasteiger partial charge is 0.369 e. The first-order chi connectivity index (χ1) is 15.2. The highest BCUT2D eigenvalue weighted by molar-refractivity contribution is 7.92. The smallest absolute Gasteiger partial charge is 0.263 e. The lowest BCUT2D eigenvalue weighted by Crippen LogP contribution is -2.34.